The fourth-order valence-corrected chi connectivity index (χ4v) is 3.30. The molecular weight excluding hydrogens is 228 g/mol. The molecular formula is C15H24O3. The van der Waals surface area contributed by atoms with Gasteiger partial charge in [0.15, 0.2) is 5.79 Å². The van der Waals surface area contributed by atoms with Gasteiger partial charge in [0.2, 0.25) is 0 Å². The van der Waals surface area contributed by atoms with Gasteiger partial charge in [-0.05, 0) is 31.6 Å². The zero-order chi connectivity index (χ0) is 13.1. The van der Waals surface area contributed by atoms with Crippen LogP contribution in [0.4, 0.5) is 0 Å². The van der Waals surface area contributed by atoms with Crippen molar-refractivity contribution in [2.24, 2.45) is 5.92 Å². The molecule has 1 spiro atoms. The summed E-state index contributed by atoms with van der Waals surface area (Å²) in [5.74, 6) is -0.0633. The first kappa shape index (κ1) is 13.8. The number of ether oxygens (including phenoxy) is 2. The molecule has 1 aliphatic heterocycles. The van der Waals surface area contributed by atoms with Crippen LogP contribution in [0.3, 0.4) is 0 Å². The third kappa shape index (κ3) is 2.68. The fourth-order valence-electron chi connectivity index (χ4n) is 3.30. The highest BCUT2D eigenvalue weighted by atomic mass is 16.7. The van der Waals surface area contributed by atoms with Gasteiger partial charge in [-0.2, -0.15) is 0 Å². The number of hydrogen-bond acceptors (Lipinski definition) is 3. The van der Waals surface area contributed by atoms with E-state index < -0.39 is 5.60 Å². The van der Waals surface area contributed by atoms with Gasteiger partial charge in [-0.3, -0.25) is 0 Å². The van der Waals surface area contributed by atoms with Gasteiger partial charge < -0.3 is 14.6 Å². The van der Waals surface area contributed by atoms with Crippen LogP contribution in [0.15, 0.2) is 25.3 Å². The van der Waals surface area contributed by atoms with Crippen molar-refractivity contribution >= 4 is 0 Å². The summed E-state index contributed by atoms with van der Waals surface area (Å²) in [6, 6.07) is 0. The first-order chi connectivity index (χ1) is 8.64. The summed E-state index contributed by atoms with van der Waals surface area (Å²) in [4.78, 5) is 0. The second-order valence-electron chi connectivity index (χ2n) is 5.47. The minimum absolute atomic E-state index is 0.284. The maximum absolute atomic E-state index is 10.7. The molecule has 0 radical (unpaired) electrons. The van der Waals surface area contributed by atoms with E-state index in [-0.39, 0.29) is 11.7 Å². The first-order valence-corrected chi connectivity index (χ1v) is 6.86. The van der Waals surface area contributed by atoms with E-state index in [1.54, 1.807) is 12.2 Å². The minimum atomic E-state index is -0.691. The molecule has 3 nitrogen and oxygen atoms in total. The van der Waals surface area contributed by atoms with Gasteiger partial charge in [0, 0.05) is 12.8 Å². The number of rotatable bonds is 5. The van der Waals surface area contributed by atoms with E-state index in [0.717, 1.165) is 25.7 Å². The van der Waals surface area contributed by atoms with Crippen LogP contribution in [-0.4, -0.2) is 29.7 Å². The molecule has 18 heavy (non-hydrogen) atoms. The lowest BCUT2D eigenvalue weighted by Crippen LogP contribution is -2.44. The van der Waals surface area contributed by atoms with E-state index in [4.69, 9.17) is 9.47 Å². The van der Waals surface area contributed by atoms with E-state index in [2.05, 4.69) is 13.2 Å². The van der Waals surface area contributed by atoms with Crippen LogP contribution < -0.4 is 0 Å². The van der Waals surface area contributed by atoms with Crippen LogP contribution in [0.1, 0.15) is 38.5 Å². The normalized spacial score (nSPS) is 24.3. The molecule has 0 aromatic rings. The van der Waals surface area contributed by atoms with Crippen LogP contribution in [-0.2, 0) is 9.47 Å². The Morgan fingerprint density at radius 3 is 2.06 bits per heavy atom. The van der Waals surface area contributed by atoms with Crippen LogP contribution >= 0.6 is 0 Å². The highest BCUT2D eigenvalue weighted by Gasteiger charge is 2.45. The maximum atomic E-state index is 10.7. The van der Waals surface area contributed by atoms with E-state index in [0.29, 0.717) is 26.1 Å². The highest BCUT2D eigenvalue weighted by molar-refractivity contribution is 4.99. The average molecular weight is 252 g/mol. The fraction of sp³-hybridized carbons (Fsp3) is 0.733. The summed E-state index contributed by atoms with van der Waals surface area (Å²) in [7, 11) is 0. The van der Waals surface area contributed by atoms with Crippen molar-refractivity contribution in [3.05, 3.63) is 25.3 Å². The average Bonchev–Trinajstić information content (AvgIpc) is 2.79. The molecule has 3 heteroatoms. The van der Waals surface area contributed by atoms with Crippen LogP contribution in [0.5, 0.6) is 0 Å². The molecule has 102 valence electrons. The smallest absolute Gasteiger partial charge is 0.168 e. The van der Waals surface area contributed by atoms with E-state index in [1.807, 2.05) is 0 Å². The standard InChI is InChI=1S/C15H24O3/c1-3-7-14(16,8-4-2)13-5-9-15(10-6-13)17-11-12-18-15/h3-4,13,16H,1-2,5-12H2. The lowest BCUT2D eigenvalue weighted by molar-refractivity contribution is -0.193. The van der Waals surface area contributed by atoms with E-state index in [1.165, 1.54) is 0 Å². The quantitative estimate of drug-likeness (QED) is 0.765. The van der Waals surface area contributed by atoms with Gasteiger partial charge in [-0.15, -0.1) is 13.2 Å². The SMILES string of the molecule is C=CCC(O)(CC=C)C1CCC2(CC1)OCCO2. The maximum Gasteiger partial charge on any atom is 0.168 e. The van der Waals surface area contributed by atoms with Gasteiger partial charge in [0.25, 0.3) is 0 Å². The predicted molar refractivity (Wildman–Crippen MR) is 71.2 cm³/mol. The first-order valence-electron chi connectivity index (χ1n) is 6.86. The predicted octanol–water partition coefficient (Wildman–Crippen LogP) is 2.80. The molecule has 2 fully saturated rings. The second-order valence-corrected chi connectivity index (χ2v) is 5.47. The molecule has 1 N–H and O–H groups in total. The number of aliphatic hydroxyl groups is 1. The summed E-state index contributed by atoms with van der Waals surface area (Å²) >= 11 is 0. The molecule has 1 saturated heterocycles. The Morgan fingerprint density at radius 2 is 1.61 bits per heavy atom. The van der Waals surface area contributed by atoms with Crippen molar-refractivity contribution in [3.63, 3.8) is 0 Å². The Hall–Kier alpha value is -0.640. The highest BCUT2D eigenvalue weighted by Crippen LogP contribution is 2.44. The van der Waals surface area contributed by atoms with Crippen molar-refractivity contribution in [3.8, 4) is 0 Å². The summed E-state index contributed by atoms with van der Waals surface area (Å²) in [6.45, 7) is 8.91. The summed E-state index contributed by atoms with van der Waals surface area (Å²) in [5.41, 5.74) is -0.691. The molecule has 0 atom stereocenters. The third-order valence-electron chi connectivity index (χ3n) is 4.32. The van der Waals surface area contributed by atoms with Crippen molar-refractivity contribution < 1.29 is 14.6 Å². The van der Waals surface area contributed by atoms with Crippen molar-refractivity contribution in [1.29, 1.82) is 0 Å². The largest absolute Gasteiger partial charge is 0.389 e. The lowest BCUT2D eigenvalue weighted by atomic mass is 9.72. The molecule has 0 aromatic carbocycles. The number of hydrogen-bond donors (Lipinski definition) is 1. The van der Waals surface area contributed by atoms with Gasteiger partial charge in [0.05, 0.1) is 18.8 Å². The monoisotopic (exact) mass is 252 g/mol. The zero-order valence-corrected chi connectivity index (χ0v) is 11.1. The summed E-state index contributed by atoms with van der Waals surface area (Å²) in [5, 5.41) is 10.7. The molecule has 0 amide bonds. The Bertz CT molecular complexity index is 285. The molecule has 2 aliphatic rings. The van der Waals surface area contributed by atoms with Gasteiger partial charge in [-0.25, -0.2) is 0 Å². The van der Waals surface area contributed by atoms with Gasteiger partial charge in [-0.1, -0.05) is 12.2 Å². The van der Waals surface area contributed by atoms with Crippen molar-refractivity contribution in [2.45, 2.75) is 49.9 Å². The second kappa shape index (κ2) is 5.55. The van der Waals surface area contributed by atoms with Crippen LogP contribution in [0, 0.1) is 5.92 Å². The van der Waals surface area contributed by atoms with Gasteiger partial charge in [0.1, 0.15) is 0 Å². The molecule has 0 bridgehead atoms. The van der Waals surface area contributed by atoms with Crippen molar-refractivity contribution in [2.75, 3.05) is 13.2 Å². The molecule has 1 aliphatic carbocycles. The Kier molecular flexibility index (Phi) is 4.25. The topological polar surface area (TPSA) is 38.7 Å². The zero-order valence-electron chi connectivity index (χ0n) is 11.1. The Balaban J connectivity index is 1.97. The minimum Gasteiger partial charge on any atom is -0.389 e. The van der Waals surface area contributed by atoms with Crippen LogP contribution in [0.2, 0.25) is 0 Å². The van der Waals surface area contributed by atoms with Crippen molar-refractivity contribution in [1.82, 2.24) is 0 Å². The molecule has 2 rings (SSSR count). The Morgan fingerprint density at radius 1 is 1.11 bits per heavy atom. The van der Waals surface area contributed by atoms with Gasteiger partial charge >= 0.3 is 0 Å². The summed E-state index contributed by atoms with van der Waals surface area (Å²) in [6.07, 6.45) is 8.50. The molecule has 1 heterocycles. The summed E-state index contributed by atoms with van der Waals surface area (Å²) < 4.78 is 11.4. The third-order valence-corrected chi connectivity index (χ3v) is 4.32. The van der Waals surface area contributed by atoms with E-state index >= 15 is 0 Å². The molecule has 1 saturated carbocycles. The van der Waals surface area contributed by atoms with Crippen LogP contribution in [0.25, 0.3) is 0 Å². The molecule has 0 aromatic heterocycles. The van der Waals surface area contributed by atoms with E-state index in [9.17, 15) is 5.11 Å². The lowest BCUT2D eigenvalue weighted by Gasteiger charge is -2.42. The Labute approximate surface area is 109 Å². The molecule has 0 unspecified atom stereocenters.